The second kappa shape index (κ2) is 8.41. The largest absolute Gasteiger partial charge is 0.494 e. The quantitative estimate of drug-likeness (QED) is 0.661. The number of hydrogen-bond acceptors (Lipinski definition) is 4. The van der Waals surface area contributed by atoms with Gasteiger partial charge in [-0.15, -0.1) is 0 Å². The van der Waals surface area contributed by atoms with Crippen molar-refractivity contribution in [3.05, 3.63) is 66.7 Å². The number of amides is 1. The fraction of sp³-hybridized carbons (Fsp3) is 0.190. The van der Waals surface area contributed by atoms with Crippen LogP contribution in [0.15, 0.2) is 71.6 Å². The minimum Gasteiger partial charge on any atom is -0.494 e. The number of anilines is 1. The fourth-order valence-corrected chi connectivity index (χ4v) is 3.96. The predicted octanol–water partition coefficient (Wildman–Crippen LogP) is 3.50. The second-order valence-corrected chi connectivity index (χ2v) is 8.32. The van der Waals surface area contributed by atoms with Crippen LogP contribution in [0.1, 0.15) is 6.92 Å². The standard InChI is InChI=1S/C21H22N2O4S/c1-3-27-19-11-9-18(10-12-19)22-21(24)15-23(2)28(25,26)20-13-8-16-6-4-5-7-17(16)14-20/h4-14H,3,15H2,1-2H3,(H,22,24). The molecule has 0 saturated carbocycles. The van der Waals surface area contributed by atoms with Crippen LogP contribution >= 0.6 is 0 Å². The summed E-state index contributed by atoms with van der Waals surface area (Å²) in [6.45, 7) is 2.16. The van der Waals surface area contributed by atoms with Crippen LogP contribution in [0, 0.1) is 0 Å². The highest BCUT2D eigenvalue weighted by molar-refractivity contribution is 7.89. The summed E-state index contributed by atoms with van der Waals surface area (Å²) in [6.07, 6.45) is 0. The van der Waals surface area contributed by atoms with Crippen LogP contribution in [0.3, 0.4) is 0 Å². The number of rotatable bonds is 7. The molecule has 3 rings (SSSR count). The molecule has 0 bridgehead atoms. The van der Waals surface area contributed by atoms with Gasteiger partial charge in [0.05, 0.1) is 18.0 Å². The number of carbonyl (C=O) groups excluding carboxylic acids is 1. The van der Waals surface area contributed by atoms with E-state index in [0.717, 1.165) is 15.1 Å². The van der Waals surface area contributed by atoms with E-state index in [1.165, 1.54) is 7.05 Å². The summed E-state index contributed by atoms with van der Waals surface area (Å²) in [5.74, 6) is 0.285. The molecule has 0 heterocycles. The van der Waals surface area contributed by atoms with E-state index in [9.17, 15) is 13.2 Å². The Hall–Kier alpha value is -2.90. The number of sulfonamides is 1. The lowest BCUT2D eigenvalue weighted by Gasteiger charge is -2.17. The number of ether oxygens (including phenoxy) is 1. The van der Waals surface area contributed by atoms with Crippen molar-refractivity contribution >= 4 is 32.4 Å². The Morgan fingerprint density at radius 3 is 2.36 bits per heavy atom. The zero-order valence-corrected chi connectivity index (χ0v) is 16.6. The van der Waals surface area contributed by atoms with Crippen LogP contribution in [0.25, 0.3) is 10.8 Å². The van der Waals surface area contributed by atoms with Gasteiger partial charge < -0.3 is 10.1 Å². The summed E-state index contributed by atoms with van der Waals surface area (Å²) in [4.78, 5) is 12.4. The third-order valence-corrected chi connectivity index (χ3v) is 6.04. The highest BCUT2D eigenvalue weighted by atomic mass is 32.2. The number of benzene rings is 3. The summed E-state index contributed by atoms with van der Waals surface area (Å²) in [5.41, 5.74) is 0.574. The van der Waals surface area contributed by atoms with Crippen molar-refractivity contribution in [2.45, 2.75) is 11.8 Å². The smallest absolute Gasteiger partial charge is 0.243 e. The molecule has 1 amide bonds. The van der Waals surface area contributed by atoms with Gasteiger partial charge in [0.25, 0.3) is 0 Å². The Labute approximate surface area is 164 Å². The first-order valence-electron chi connectivity index (χ1n) is 8.88. The van der Waals surface area contributed by atoms with Gasteiger partial charge in [-0.05, 0) is 54.1 Å². The van der Waals surface area contributed by atoms with E-state index in [0.29, 0.717) is 18.0 Å². The molecular formula is C21H22N2O4S. The van der Waals surface area contributed by atoms with Crippen molar-refractivity contribution < 1.29 is 17.9 Å². The average molecular weight is 398 g/mol. The molecule has 0 atom stereocenters. The molecule has 0 radical (unpaired) electrons. The van der Waals surface area contributed by atoms with Crippen LogP contribution in [0.5, 0.6) is 5.75 Å². The zero-order chi connectivity index (χ0) is 20.1. The van der Waals surface area contributed by atoms with E-state index < -0.39 is 15.9 Å². The Morgan fingerprint density at radius 2 is 1.68 bits per heavy atom. The van der Waals surface area contributed by atoms with Crippen LogP contribution in [0.4, 0.5) is 5.69 Å². The lowest BCUT2D eigenvalue weighted by Crippen LogP contribution is -2.34. The van der Waals surface area contributed by atoms with Crippen LogP contribution < -0.4 is 10.1 Å². The third kappa shape index (κ3) is 4.49. The van der Waals surface area contributed by atoms with Gasteiger partial charge in [0.15, 0.2) is 0 Å². The Kier molecular flexibility index (Phi) is 5.96. The van der Waals surface area contributed by atoms with E-state index in [1.807, 2.05) is 31.2 Å². The molecule has 0 unspecified atom stereocenters. The monoisotopic (exact) mass is 398 g/mol. The fourth-order valence-electron chi connectivity index (χ4n) is 2.80. The molecule has 0 saturated heterocycles. The summed E-state index contributed by atoms with van der Waals surface area (Å²) in [6, 6.07) is 19.4. The first-order valence-corrected chi connectivity index (χ1v) is 10.3. The summed E-state index contributed by atoms with van der Waals surface area (Å²) < 4.78 is 32.0. The molecule has 0 spiro atoms. The molecule has 6 nitrogen and oxygen atoms in total. The highest BCUT2D eigenvalue weighted by Crippen LogP contribution is 2.21. The minimum atomic E-state index is -3.78. The number of nitrogens with zero attached hydrogens (tertiary/aromatic N) is 1. The van der Waals surface area contributed by atoms with Crippen molar-refractivity contribution in [2.24, 2.45) is 0 Å². The minimum absolute atomic E-state index is 0.155. The number of nitrogens with one attached hydrogen (secondary N) is 1. The van der Waals surface area contributed by atoms with Crippen molar-refractivity contribution in [1.29, 1.82) is 0 Å². The molecule has 3 aromatic rings. The Bertz CT molecular complexity index is 1080. The molecule has 0 aliphatic rings. The average Bonchev–Trinajstić information content (AvgIpc) is 2.69. The molecular weight excluding hydrogens is 376 g/mol. The van der Waals surface area contributed by atoms with Gasteiger partial charge in [0.1, 0.15) is 5.75 Å². The summed E-state index contributed by atoms with van der Waals surface area (Å²) in [5, 5.41) is 4.48. The molecule has 1 N–H and O–H groups in total. The normalized spacial score (nSPS) is 11.5. The lowest BCUT2D eigenvalue weighted by atomic mass is 10.1. The van der Waals surface area contributed by atoms with E-state index >= 15 is 0 Å². The lowest BCUT2D eigenvalue weighted by molar-refractivity contribution is -0.116. The number of carbonyl (C=O) groups is 1. The molecule has 28 heavy (non-hydrogen) atoms. The topological polar surface area (TPSA) is 75.7 Å². The van der Waals surface area contributed by atoms with Crippen molar-refractivity contribution in [2.75, 3.05) is 25.5 Å². The van der Waals surface area contributed by atoms with E-state index in [2.05, 4.69) is 5.32 Å². The van der Waals surface area contributed by atoms with Gasteiger partial charge in [0, 0.05) is 12.7 Å². The molecule has 7 heteroatoms. The Balaban J connectivity index is 1.69. The Morgan fingerprint density at radius 1 is 1.00 bits per heavy atom. The van der Waals surface area contributed by atoms with Crippen molar-refractivity contribution in [3.63, 3.8) is 0 Å². The molecule has 146 valence electrons. The number of fused-ring (bicyclic) bond motifs is 1. The van der Waals surface area contributed by atoms with Crippen LogP contribution in [0.2, 0.25) is 0 Å². The predicted molar refractivity (Wildman–Crippen MR) is 110 cm³/mol. The SMILES string of the molecule is CCOc1ccc(NC(=O)CN(C)S(=O)(=O)c2ccc3ccccc3c2)cc1. The maximum atomic E-state index is 12.8. The molecule has 3 aromatic carbocycles. The molecule has 0 aliphatic heterocycles. The van der Waals surface area contributed by atoms with Gasteiger partial charge in [0.2, 0.25) is 15.9 Å². The van der Waals surface area contributed by atoms with Gasteiger partial charge in [-0.25, -0.2) is 8.42 Å². The highest BCUT2D eigenvalue weighted by Gasteiger charge is 2.23. The van der Waals surface area contributed by atoms with E-state index in [1.54, 1.807) is 42.5 Å². The number of likely N-dealkylation sites (N-methyl/N-ethyl adjacent to an activating group) is 1. The maximum absolute atomic E-state index is 12.8. The third-order valence-electron chi connectivity index (χ3n) is 4.24. The van der Waals surface area contributed by atoms with Crippen molar-refractivity contribution in [1.82, 2.24) is 4.31 Å². The van der Waals surface area contributed by atoms with Gasteiger partial charge >= 0.3 is 0 Å². The van der Waals surface area contributed by atoms with Gasteiger partial charge in [-0.3, -0.25) is 4.79 Å². The molecule has 0 aromatic heterocycles. The van der Waals surface area contributed by atoms with E-state index in [-0.39, 0.29) is 11.4 Å². The summed E-state index contributed by atoms with van der Waals surface area (Å²) >= 11 is 0. The van der Waals surface area contributed by atoms with Crippen LogP contribution in [-0.2, 0) is 14.8 Å². The molecule has 0 fully saturated rings. The first kappa shape index (κ1) is 19.9. The second-order valence-electron chi connectivity index (χ2n) is 6.28. The summed E-state index contributed by atoms with van der Waals surface area (Å²) in [7, 11) is -2.39. The van der Waals surface area contributed by atoms with Gasteiger partial charge in [-0.2, -0.15) is 4.31 Å². The van der Waals surface area contributed by atoms with Crippen LogP contribution in [-0.4, -0.2) is 38.8 Å². The maximum Gasteiger partial charge on any atom is 0.243 e. The number of hydrogen-bond donors (Lipinski definition) is 1. The zero-order valence-electron chi connectivity index (χ0n) is 15.8. The first-order chi connectivity index (χ1) is 13.4. The van der Waals surface area contributed by atoms with Gasteiger partial charge in [-0.1, -0.05) is 30.3 Å². The van der Waals surface area contributed by atoms with Crippen molar-refractivity contribution in [3.8, 4) is 5.75 Å². The molecule has 0 aliphatic carbocycles. The van der Waals surface area contributed by atoms with E-state index in [4.69, 9.17) is 4.74 Å².